The van der Waals surface area contributed by atoms with E-state index >= 15 is 0 Å². The van der Waals surface area contributed by atoms with Gasteiger partial charge in [0.15, 0.2) is 5.96 Å². The first kappa shape index (κ1) is 11.1. The lowest BCUT2D eigenvalue weighted by Crippen LogP contribution is -2.46. The lowest BCUT2D eigenvalue weighted by Gasteiger charge is -2.37. The average Bonchev–Trinajstić information content (AvgIpc) is 2.24. The van der Waals surface area contributed by atoms with Crippen molar-refractivity contribution in [2.75, 3.05) is 44.4 Å². The van der Waals surface area contributed by atoms with Gasteiger partial charge in [0.05, 0.1) is 19.8 Å². The number of nitrogens with zero attached hydrogens (tertiary/aromatic N) is 2. The Labute approximate surface area is 95.2 Å². The van der Waals surface area contributed by atoms with E-state index in [2.05, 4.69) is 16.8 Å². The van der Waals surface area contributed by atoms with Gasteiger partial charge in [-0.25, -0.2) is 0 Å². The Kier molecular flexibility index (Phi) is 3.41. The molecule has 0 unspecified atom stereocenters. The van der Waals surface area contributed by atoms with Crippen molar-refractivity contribution < 1.29 is 4.74 Å². The van der Waals surface area contributed by atoms with Crippen LogP contribution in [0, 0.1) is 5.41 Å². The van der Waals surface area contributed by atoms with Gasteiger partial charge in [-0.1, -0.05) is 6.92 Å². The van der Waals surface area contributed by atoms with Crippen LogP contribution in [0.25, 0.3) is 0 Å². The van der Waals surface area contributed by atoms with Gasteiger partial charge in [-0.05, 0) is 0 Å². The SMILES string of the molecule is CC1(CN=C(N)N2CCSCC2)COC1. The zero-order chi connectivity index (χ0) is 10.7. The molecule has 0 aromatic carbocycles. The van der Waals surface area contributed by atoms with Crippen LogP contribution in [0.2, 0.25) is 0 Å². The van der Waals surface area contributed by atoms with E-state index in [1.807, 2.05) is 11.8 Å². The molecule has 2 aliphatic rings. The van der Waals surface area contributed by atoms with Crippen molar-refractivity contribution in [1.29, 1.82) is 0 Å². The Balaban J connectivity index is 1.82. The van der Waals surface area contributed by atoms with Crippen LogP contribution >= 0.6 is 11.8 Å². The number of nitrogens with two attached hydrogens (primary N) is 1. The summed E-state index contributed by atoms with van der Waals surface area (Å²) < 4.78 is 5.19. The molecule has 0 bridgehead atoms. The van der Waals surface area contributed by atoms with E-state index in [0.29, 0.717) is 5.96 Å². The predicted octanol–water partition coefficient (Wildman–Crippen LogP) is 0.386. The highest BCUT2D eigenvalue weighted by Gasteiger charge is 2.33. The summed E-state index contributed by atoms with van der Waals surface area (Å²) in [4.78, 5) is 6.65. The zero-order valence-corrected chi connectivity index (χ0v) is 10.1. The molecular formula is C10H19N3OS. The fraction of sp³-hybridized carbons (Fsp3) is 0.900. The molecule has 0 spiro atoms. The van der Waals surface area contributed by atoms with Crippen molar-refractivity contribution in [2.24, 2.45) is 16.1 Å². The van der Waals surface area contributed by atoms with E-state index in [9.17, 15) is 0 Å². The van der Waals surface area contributed by atoms with Gasteiger partial charge in [0.25, 0.3) is 0 Å². The average molecular weight is 229 g/mol. The van der Waals surface area contributed by atoms with Crippen molar-refractivity contribution in [1.82, 2.24) is 4.90 Å². The lowest BCUT2D eigenvalue weighted by molar-refractivity contribution is -0.0945. The summed E-state index contributed by atoms with van der Waals surface area (Å²) in [6.45, 7) is 6.70. The van der Waals surface area contributed by atoms with Crippen LogP contribution in [0.4, 0.5) is 0 Å². The number of ether oxygens (including phenoxy) is 1. The standard InChI is InChI=1S/C10H19N3OS/c1-10(7-14-8-10)6-12-9(11)13-2-4-15-5-3-13/h2-8H2,1H3,(H2,11,12). The quantitative estimate of drug-likeness (QED) is 0.549. The number of rotatable bonds is 2. The number of hydrogen-bond donors (Lipinski definition) is 1. The first-order chi connectivity index (χ1) is 7.20. The van der Waals surface area contributed by atoms with E-state index in [1.165, 1.54) is 0 Å². The third-order valence-corrected chi connectivity index (χ3v) is 3.80. The maximum Gasteiger partial charge on any atom is 0.191 e. The van der Waals surface area contributed by atoms with E-state index in [1.54, 1.807) is 0 Å². The topological polar surface area (TPSA) is 50.8 Å². The minimum atomic E-state index is 0.231. The first-order valence-corrected chi connectivity index (χ1v) is 6.55. The molecule has 2 rings (SSSR count). The molecule has 2 heterocycles. The van der Waals surface area contributed by atoms with Gasteiger partial charge in [0.2, 0.25) is 0 Å². The summed E-state index contributed by atoms with van der Waals surface area (Å²) in [7, 11) is 0. The van der Waals surface area contributed by atoms with Gasteiger partial charge in [0, 0.05) is 30.0 Å². The summed E-state index contributed by atoms with van der Waals surface area (Å²) in [5, 5.41) is 0. The molecule has 0 amide bonds. The van der Waals surface area contributed by atoms with Crippen LogP contribution in [0.15, 0.2) is 4.99 Å². The summed E-state index contributed by atoms with van der Waals surface area (Å²) in [5.41, 5.74) is 6.19. The molecule has 0 aliphatic carbocycles. The maximum absolute atomic E-state index is 5.96. The number of thioether (sulfide) groups is 1. The Bertz CT molecular complexity index is 247. The first-order valence-electron chi connectivity index (χ1n) is 5.40. The fourth-order valence-corrected chi connectivity index (χ4v) is 2.61. The third kappa shape index (κ3) is 2.78. The molecule has 0 atom stereocenters. The van der Waals surface area contributed by atoms with Gasteiger partial charge in [-0.3, -0.25) is 4.99 Å². The second kappa shape index (κ2) is 4.61. The van der Waals surface area contributed by atoms with Gasteiger partial charge in [-0.2, -0.15) is 11.8 Å². The second-order valence-electron chi connectivity index (χ2n) is 4.58. The zero-order valence-electron chi connectivity index (χ0n) is 9.24. The predicted molar refractivity (Wildman–Crippen MR) is 64.3 cm³/mol. The molecule has 0 saturated carbocycles. The van der Waals surface area contributed by atoms with E-state index in [0.717, 1.165) is 44.4 Å². The molecule has 86 valence electrons. The Morgan fingerprint density at radius 3 is 2.67 bits per heavy atom. The molecule has 2 saturated heterocycles. The normalized spacial score (nSPS) is 26.2. The maximum atomic E-state index is 5.96. The minimum Gasteiger partial charge on any atom is -0.380 e. The Morgan fingerprint density at radius 1 is 1.47 bits per heavy atom. The molecular weight excluding hydrogens is 210 g/mol. The van der Waals surface area contributed by atoms with Gasteiger partial charge < -0.3 is 15.4 Å². The van der Waals surface area contributed by atoms with Crippen molar-refractivity contribution in [3.63, 3.8) is 0 Å². The van der Waals surface area contributed by atoms with Crippen LogP contribution in [-0.2, 0) is 4.74 Å². The smallest absolute Gasteiger partial charge is 0.191 e. The molecule has 2 aliphatic heterocycles. The largest absolute Gasteiger partial charge is 0.380 e. The third-order valence-electron chi connectivity index (χ3n) is 2.86. The highest BCUT2D eigenvalue weighted by Crippen LogP contribution is 2.26. The summed E-state index contributed by atoms with van der Waals surface area (Å²) in [6, 6.07) is 0. The molecule has 2 fully saturated rings. The highest BCUT2D eigenvalue weighted by atomic mass is 32.2. The molecule has 5 heteroatoms. The van der Waals surface area contributed by atoms with Gasteiger partial charge >= 0.3 is 0 Å². The molecule has 0 radical (unpaired) electrons. The van der Waals surface area contributed by atoms with Crippen LogP contribution < -0.4 is 5.73 Å². The Morgan fingerprint density at radius 2 is 2.13 bits per heavy atom. The van der Waals surface area contributed by atoms with Crippen LogP contribution in [0.5, 0.6) is 0 Å². The van der Waals surface area contributed by atoms with Crippen LogP contribution in [-0.4, -0.2) is 55.2 Å². The molecule has 2 N–H and O–H groups in total. The van der Waals surface area contributed by atoms with Crippen molar-refractivity contribution in [2.45, 2.75) is 6.92 Å². The summed E-state index contributed by atoms with van der Waals surface area (Å²) in [5.74, 6) is 3.04. The highest BCUT2D eigenvalue weighted by molar-refractivity contribution is 7.99. The molecule has 0 aromatic rings. The number of guanidine groups is 1. The number of hydrogen-bond acceptors (Lipinski definition) is 3. The summed E-state index contributed by atoms with van der Waals surface area (Å²) >= 11 is 1.98. The molecule has 0 aromatic heterocycles. The second-order valence-corrected chi connectivity index (χ2v) is 5.80. The van der Waals surface area contributed by atoms with Crippen molar-refractivity contribution >= 4 is 17.7 Å². The lowest BCUT2D eigenvalue weighted by atomic mass is 9.89. The monoisotopic (exact) mass is 229 g/mol. The molecule has 15 heavy (non-hydrogen) atoms. The van der Waals surface area contributed by atoms with Gasteiger partial charge in [0.1, 0.15) is 0 Å². The van der Waals surface area contributed by atoms with E-state index < -0.39 is 0 Å². The Hall–Kier alpha value is -0.420. The van der Waals surface area contributed by atoms with Gasteiger partial charge in [-0.15, -0.1) is 0 Å². The molecule has 4 nitrogen and oxygen atoms in total. The van der Waals surface area contributed by atoms with Crippen molar-refractivity contribution in [3.05, 3.63) is 0 Å². The van der Waals surface area contributed by atoms with Crippen molar-refractivity contribution in [3.8, 4) is 0 Å². The van der Waals surface area contributed by atoms with E-state index in [-0.39, 0.29) is 5.41 Å². The minimum absolute atomic E-state index is 0.231. The van der Waals surface area contributed by atoms with Crippen LogP contribution in [0.1, 0.15) is 6.92 Å². The number of aliphatic imine (C=N–C) groups is 1. The van der Waals surface area contributed by atoms with Crippen LogP contribution in [0.3, 0.4) is 0 Å². The summed E-state index contributed by atoms with van der Waals surface area (Å²) in [6.07, 6.45) is 0. The van der Waals surface area contributed by atoms with E-state index in [4.69, 9.17) is 10.5 Å². The fourth-order valence-electron chi connectivity index (χ4n) is 1.71.